The number of oxime groups is 1. The standard InChI is InChI=1S/C25H29FN2O6/c1-4-9-33-28-23(24(29)14-22(27)18-5-7-19(26)8-6-18)15-32-20-10-17(12-25(30)31)11-21(13-20)34-16(2)3/h5-8,10-11,13-14,16H,4,9,12,15,27H2,1-3H3,(H,30,31)/b22-14?,28-23+. The van der Waals surface area contributed by atoms with E-state index in [1.54, 1.807) is 18.2 Å². The Kier molecular flexibility index (Phi) is 10.1. The van der Waals surface area contributed by atoms with Crippen LogP contribution in [0.2, 0.25) is 0 Å². The highest BCUT2D eigenvalue weighted by Gasteiger charge is 2.15. The lowest BCUT2D eigenvalue weighted by atomic mass is 10.1. The summed E-state index contributed by atoms with van der Waals surface area (Å²) in [5.41, 5.74) is 7.02. The van der Waals surface area contributed by atoms with Crippen molar-refractivity contribution in [2.24, 2.45) is 10.9 Å². The average molecular weight is 473 g/mol. The number of hydrogen-bond donors (Lipinski definition) is 2. The summed E-state index contributed by atoms with van der Waals surface area (Å²) in [7, 11) is 0. The highest BCUT2D eigenvalue weighted by atomic mass is 19.1. The Morgan fingerprint density at radius 2 is 1.82 bits per heavy atom. The van der Waals surface area contributed by atoms with Crippen LogP contribution in [0.4, 0.5) is 4.39 Å². The molecule has 0 aliphatic carbocycles. The normalized spacial score (nSPS) is 11.9. The van der Waals surface area contributed by atoms with E-state index in [0.29, 0.717) is 35.7 Å². The second-order valence-corrected chi connectivity index (χ2v) is 7.68. The molecular formula is C25H29FN2O6. The quantitative estimate of drug-likeness (QED) is 0.196. The van der Waals surface area contributed by atoms with Crippen molar-refractivity contribution in [2.75, 3.05) is 13.2 Å². The number of ketones is 1. The predicted molar refractivity (Wildman–Crippen MR) is 126 cm³/mol. The summed E-state index contributed by atoms with van der Waals surface area (Å²) in [5.74, 6) is -1.22. The number of carbonyl (C=O) groups excluding carboxylic acids is 1. The van der Waals surface area contributed by atoms with Gasteiger partial charge in [-0.15, -0.1) is 0 Å². The number of carboxylic acids is 1. The number of nitrogens with zero attached hydrogens (tertiary/aromatic N) is 1. The molecule has 34 heavy (non-hydrogen) atoms. The van der Waals surface area contributed by atoms with Crippen molar-refractivity contribution in [3.63, 3.8) is 0 Å². The first kappa shape index (κ1) is 26.4. The number of ether oxygens (including phenoxy) is 2. The average Bonchev–Trinajstić information content (AvgIpc) is 2.75. The maximum absolute atomic E-state index is 13.2. The number of carboxylic acid groups (broad SMARTS) is 1. The Hall–Kier alpha value is -3.88. The molecule has 0 aromatic heterocycles. The van der Waals surface area contributed by atoms with Crippen molar-refractivity contribution in [1.29, 1.82) is 0 Å². The molecule has 0 spiro atoms. The number of benzene rings is 2. The molecule has 0 bridgehead atoms. The number of allylic oxidation sites excluding steroid dienone is 1. The summed E-state index contributed by atoms with van der Waals surface area (Å²) in [6.07, 6.45) is 1.50. The van der Waals surface area contributed by atoms with Gasteiger partial charge in [-0.1, -0.05) is 24.2 Å². The van der Waals surface area contributed by atoms with Gasteiger partial charge in [0.25, 0.3) is 0 Å². The Morgan fingerprint density at radius 3 is 2.44 bits per heavy atom. The van der Waals surface area contributed by atoms with Crippen LogP contribution in [-0.2, 0) is 20.8 Å². The lowest BCUT2D eigenvalue weighted by Crippen LogP contribution is -2.22. The van der Waals surface area contributed by atoms with Gasteiger partial charge in [-0.05, 0) is 55.7 Å². The molecule has 9 heteroatoms. The molecule has 0 fully saturated rings. The van der Waals surface area contributed by atoms with Gasteiger partial charge in [-0.3, -0.25) is 9.59 Å². The monoisotopic (exact) mass is 472 g/mol. The van der Waals surface area contributed by atoms with Crippen LogP contribution < -0.4 is 15.2 Å². The molecule has 8 nitrogen and oxygen atoms in total. The molecule has 0 aliphatic rings. The van der Waals surface area contributed by atoms with Crippen molar-refractivity contribution >= 4 is 23.2 Å². The summed E-state index contributed by atoms with van der Waals surface area (Å²) >= 11 is 0. The van der Waals surface area contributed by atoms with E-state index < -0.39 is 17.6 Å². The zero-order valence-electron chi connectivity index (χ0n) is 19.4. The molecule has 0 saturated heterocycles. The molecule has 0 radical (unpaired) electrons. The molecule has 0 aliphatic heterocycles. The molecule has 0 saturated carbocycles. The van der Waals surface area contributed by atoms with Crippen LogP contribution in [0.15, 0.2) is 53.7 Å². The first-order valence-corrected chi connectivity index (χ1v) is 10.8. The number of carbonyl (C=O) groups is 2. The zero-order chi connectivity index (χ0) is 25.1. The SMILES string of the molecule is CCCO/N=C(\COc1cc(CC(=O)O)cc(OC(C)C)c1)C(=O)C=C(N)c1ccc(F)cc1. The molecule has 2 rings (SSSR count). The molecule has 0 heterocycles. The van der Waals surface area contributed by atoms with Gasteiger partial charge >= 0.3 is 5.97 Å². The van der Waals surface area contributed by atoms with Crippen molar-refractivity contribution in [2.45, 2.75) is 39.7 Å². The lowest BCUT2D eigenvalue weighted by molar-refractivity contribution is -0.136. The van der Waals surface area contributed by atoms with Crippen LogP contribution in [0.25, 0.3) is 5.70 Å². The Labute approximate surface area is 197 Å². The van der Waals surface area contributed by atoms with E-state index in [2.05, 4.69) is 5.16 Å². The van der Waals surface area contributed by atoms with Crippen LogP contribution in [0.3, 0.4) is 0 Å². The van der Waals surface area contributed by atoms with Crippen LogP contribution in [0.5, 0.6) is 11.5 Å². The second-order valence-electron chi connectivity index (χ2n) is 7.68. The van der Waals surface area contributed by atoms with Crippen molar-refractivity contribution < 1.29 is 33.4 Å². The van der Waals surface area contributed by atoms with Gasteiger partial charge in [-0.25, -0.2) is 4.39 Å². The molecule has 0 atom stereocenters. The van der Waals surface area contributed by atoms with Gasteiger partial charge < -0.3 is 25.2 Å². The number of hydrogen-bond acceptors (Lipinski definition) is 7. The Morgan fingerprint density at radius 1 is 1.15 bits per heavy atom. The van der Waals surface area contributed by atoms with Crippen LogP contribution in [-0.4, -0.2) is 41.9 Å². The molecular weight excluding hydrogens is 443 g/mol. The summed E-state index contributed by atoms with van der Waals surface area (Å²) in [5, 5.41) is 13.0. The van der Waals surface area contributed by atoms with Crippen molar-refractivity contribution in [3.8, 4) is 11.5 Å². The summed E-state index contributed by atoms with van der Waals surface area (Å²) in [4.78, 5) is 29.1. The molecule has 182 valence electrons. The number of aliphatic carboxylic acids is 1. The van der Waals surface area contributed by atoms with Gasteiger partial charge in [0.1, 0.15) is 30.5 Å². The van der Waals surface area contributed by atoms with E-state index in [1.807, 2.05) is 20.8 Å². The number of nitrogens with two attached hydrogens (primary N) is 1. The van der Waals surface area contributed by atoms with Gasteiger partial charge in [0, 0.05) is 17.8 Å². The first-order chi connectivity index (χ1) is 16.2. The second kappa shape index (κ2) is 13.0. The van der Waals surface area contributed by atoms with E-state index in [0.717, 1.165) is 0 Å². The summed E-state index contributed by atoms with van der Waals surface area (Å²) < 4.78 is 24.6. The smallest absolute Gasteiger partial charge is 0.307 e. The maximum Gasteiger partial charge on any atom is 0.307 e. The highest BCUT2D eigenvalue weighted by Crippen LogP contribution is 2.24. The Bertz CT molecular complexity index is 1050. The highest BCUT2D eigenvalue weighted by molar-refractivity contribution is 6.45. The molecule has 3 N–H and O–H groups in total. The van der Waals surface area contributed by atoms with Gasteiger partial charge in [0.2, 0.25) is 5.78 Å². The van der Waals surface area contributed by atoms with E-state index >= 15 is 0 Å². The Balaban J connectivity index is 2.24. The maximum atomic E-state index is 13.2. The molecule has 2 aromatic rings. The van der Waals surface area contributed by atoms with E-state index in [4.69, 9.17) is 25.2 Å². The topological polar surface area (TPSA) is 120 Å². The fourth-order valence-electron chi connectivity index (χ4n) is 2.79. The minimum atomic E-state index is -1.00. The molecule has 0 amide bonds. The number of rotatable bonds is 13. The third-order valence-electron chi connectivity index (χ3n) is 4.26. The van der Waals surface area contributed by atoms with Crippen LogP contribution in [0.1, 0.15) is 38.3 Å². The lowest BCUT2D eigenvalue weighted by Gasteiger charge is -2.14. The van der Waals surface area contributed by atoms with E-state index in [9.17, 15) is 14.0 Å². The van der Waals surface area contributed by atoms with Crippen molar-refractivity contribution in [1.82, 2.24) is 0 Å². The third kappa shape index (κ3) is 8.93. The third-order valence-corrected chi connectivity index (χ3v) is 4.26. The van der Waals surface area contributed by atoms with Crippen molar-refractivity contribution in [3.05, 3.63) is 65.5 Å². The fourth-order valence-corrected chi connectivity index (χ4v) is 2.79. The zero-order valence-corrected chi connectivity index (χ0v) is 19.4. The largest absolute Gasteiger partial charge is 0.491 e. The van der Waals surface area contributed by atoms with Gasteiger partial charge in [-0.2, -0.15) is 0 Å². The van der Waals surface area contributed by atoms with E-state index in [1.165, 1.54) is 30.3 Å². The minimum absolute atomic E-state index is 0.0477. The molecule has 2 aromatic carbocycles. The fraction of sp³-hybridized carbons (Fsp3) is 0.320. The minimum Gasteiger partial charge on any atom is -0.491 e. The van der Waals surface area contributed by atoms with Crippen LogP contribution in [0, 0.1) is 5.82 Å². The van der Waals surface area contributed by atoms with Gasteiger partial charge in [0.05, 0.1) is 12.5 Å². The van der Waals surface area contributed by atoms with E-state index in [-0.39, 0.29) is 30.5 Å². The molecule has 0 unspecified atom stereocenters. The number of halogens is 1. The summed E-state index contributed by atoms with van der Waals surface area (Å²) in [6.45, 7) is 5.62. The predicted octanol–water partition coefficient (Wildman–Crippen LogP) is 3.97. The summed E-state index contributed by atoms with van der Waals surface area (Å²) in [6, 6.07) is 10.2. The van der Waals surface area contributed by atoms with Gasteiger partial charge in [0.15, 0.2) is 5.71 Å². The first-order valence-electron chi connectivity index (χ1n) is 10.8. The van der Waals surface area contributed by atoms with Crippen LogP contribution >= 0.6 is 0 Å².